The molecule has 1 aromatic rings. The van der Waals surface area contributed by atoms with Crippen LogP contribution in [0.2, 0.25) is 0 Å². The Bertz CT molecular complexity index is 666. The molecule has 2 aliphatic rings. The number of carbonyl (C=O) groups excluding carboxylic acids is 1. The molecule has 0 amide bonds. The molecular formula is C18H22N2O3S. The van der Waals surface area contributed by atoms with Crippen molar-refractivity contribution in [3.8, 4) is 11.5 Å². The third-order valence-corrected chi connectivity index (χ3v) is 5.06. The molecule has 2 aliphatic heterocycles. The molecule has 0 saturated carbocycles. The highest BCUT2D eigenvalue weighted by molar-refractivity contribution is 7.80. The minimum atomic E-state index is -0.413. The molecule has 0 atom stereocenters. The molecule has 128 valence electrons. The van der Waals surface area contributed by atoms with Crippen LogP contribution in [0.3, 0.4) is 0 Å². The lowest BCUT2D eigenvalue weighted by Gasteiger charge is -2.44. The van der Waals surface area contributed by atoms with Crippen LogP contribution in [0.4, 0.5) is 0 Å². The highest BCUT2D eigenvalue weighted by Crippen LogP contribution is 2.40. The van der Waals surface area contributed by atoms with Gasteiger partial charge in [0.25, 0.3) is 0 Å². The van der Waals surface area contributed by atoms with Gasteiger partial charge in [-0.3, -0.25) is 4.79 Å². The predicted molar refractivity (Wildman–Crippen MR) is 96.9 cm³/mol. The summed E-state index contributed by atoms with van der Waals surface area (Å²) < 4.78 is 11.5. The van der Waals surface area contributed by atoms with Crippen molar-refractivity contribution < 1.29 is 14.3 Å². The average molecular weight is 346 g/mol. The average Bonchev–Trinajstić information content (AvgIpc) is 2.60. The maximum Gasteiger partial charge on any atom is 0.170 e. The van der Waals surface area contributed by atoms with Crippen molar-refractivity contribution in [1.29, 1.82) is 0 Å². The number of carbonyl (C=O) groups is 1. The van der Waals surface area contributed by atoms with Gasteiger partial charge in [0.2, 0.25) is 0 Å². The van der Waals surface area contributed by atoms with Gasteiger partial charge in [0.05, 0.1) is 19.1 Å². The molecule has 3 rings (SSSR count). The normalized spacial score (nSPS) is 18.5. The summed E-state index contributed by atoms with van der Waals surface area (Å²) in [5.41, 5.74) is 0.203. The molecule has 1 saturated heterocycles. The van der Waals surface area contributed by atoms with Gasteiger partial charge in [-0.25, -0.2) is 0 Å². The van der Waals surface area contributed by atoms with Gasteiger partial charge < -0.3 is 19.7 Å². The molecule has 0 bridgehead atoms. The molecule has 6 heteroatoms. The molecule has 5 nitrogen and oxygen atoms in total. The largest absolute Gasteiger partial charge is 0.497 e. The number of ether oxygens (including phenoxy) is 2. The van der Waals surface area contributed by atoms with E-state index >= 15 is 0 Å². The summed E-state index contributed by atoms with van der Waals surface area (Å²) in [6.07, 6.45) is 3.75. The van der Waals surface area contributed by atoms with E-state index in [1.165, 1.54) is 0 Å². The second-order valence-corrected chi connectivity index (χ2v) is 6.60. The van der Waals surface area contributed by atoms with Crippen molar-refractivity contribution in [2.45, 2.75) is 24.9 Å². The quantitative estimate of drug-likeness (QED) is 0.671. The number of ketones is 1. The van der Waals surface area contributed by atoms with Crippen molar-refractivity contribution in [3.05, 3.63) is 36.4 Å². The standard InChI is InChI=1S/C18H22N2O3S/c1-3-8-19-17(24)20-9-6-18(7-10-20)12-15(21)14-11-13(22-2)4-5-16(14)23-18/h3-5,11H,1,6-10,12H2,2H3,(H,19,24). The minimum Gasteiger partial charge on any atom is -0.497 e. The molecule has 1 aromatic carbocycles. The number of nitrogens with one attached hydrogen (secondary N) is 1. The second kappa shape index (κ2) is 6.81. The first kappa shape index (κ1) is 16.8. The summed E-state index contributed by atoms with van der Waals surface area (Å²) in [5.74, 6) is 1.46. The van der Waals surface area contributed by atoms with Gasteiger partial charge in [-0.1, -0.05) is 6.08 Å². The zero-order valence-corrected chi connectivity index (χ0v) is 14.7. The number of likely N-dealkylation sites (tertiary alicyclic amines) is 1. The Morgan fingerprint density at radius 3 is 2.92 bits per heavy atom. The van der Waals surface area contributed by atoms with Crippen LogP contribution < -0.4 is 14.8 Å². The van der Waals surface area contributed by atoms with E-state index in [1.807, 2.05) is 12.1 Å². The summed E-state index contributed by atoms with van der Waals surface area (Å²) >= 11 is 5.39. The van der Waals surface area contributed by atoms with Crippen molar-refractivity contribution >= 4 is 23.1 Å². The number of hydrogen-bond donors (Lipinski definition) is 1. The number of nitrogens with zero attached hydrogens (tertiary/aromatic N) is 1. The molecule has 1 spiro atoms. The maximum absolute atomic E-state index is 12.6. The first-order valence-electron chi connectivity index (χ1n) is 8.11. The fourth-order valence-corrected chi connectivity index (χ4v) is 3.53. The van der Waals surface area contributed by atoms with Crippen LogP contribution in [-0.2, 0) is 0 Å². The van der Waals surface area contributed by atoms with Crippen molar-refractivity contribution in [1.82, 2.24) is 10.2 Å². The van der Waals surface area contributed by atoms with Crippen molar-refractivity contribution in [2.24, 2.45) is 0 Å². The van der Waals surface area contributed by atoms with Gasteiger partial charge in [0, 0.05) is 32.5 Å². The van der Waals surface area contributed by atoms with Crippen LogP contribution in [-0.4, -0.2) is 48.1 Å². The van der Waals surface area contributed by atoms with Crippen LogP contribution in [0.25, 0.3) is 0 Å². The molecule has 2 heterocycles. The number of piperidine rings is 1. The zero-order valence-electron chi connectivity index (χ0n) is 13.8. The van der Waals surface area contributed by atoms with Crippen LogP contribution in [0.5, 0.6) is 11.5 Å². The highest BCUT2D eigenvalue weighted by Gasteiger charge is 2.43. The molecule has 0 radical (unpaired) electrons. The van der Waals surface area contributed by atoms with E-state index in [0.29, 0.717) is 30.0 Å². The molecule has 0 aliphatic carbocycles. The zero-order chi connectivity index (χ0) is 17.2. The van der Waals surface area contributed by atoms with E-state index in [9.17, 15) is 4.79 Å². The first-order valence-corrected chi connectivity index (χ1v) is 8.52. The summed E-state index contributed by atoms with van der Waals surface area (Å²) in [6.45, 7) is 5.90. The van der Waals surface area contributed by atoms with E-state index in [-0.39, 0.29) is 5.78 Å². The molecule has 0 unspecified atom stereocenters. The fourth-order valence-electron chi connectivity index (χ4n) is 3.27. The van der Waals surface area contributed by atoms with Crippen LogP contribution in [0.15, 0.2) is 30.9 Å². The van der Waals surface area contributed by atoms with Crippen molar-refractivity contribution in [3.63, 3.8) is 0 Å². The first-order chi connectivity index (χ1) is 11.6. The highest BCUT2D eigenvalue weighted by atomic mass is 32.1. The number of thiocarbonyl (C=S) groups is 1. The molecular weight excluding hydrogens is 324 g/mol. The topological polar surface area (TPSA) is 50.8 Å². The number of hydrogen-bond acceptors (Lipinski definition) is 4. The fraction of sp³-hybridized carbons (Fsp3) is 0.444. The Morgan fingerprint density at radius 2 is 2.25 bits per heavy atom. The monoisotopic (exact) mass is 346 g/mol. The lowest BCUT2D eigenvalue weighted by Crippen LogP contribution is -2.54. The minimum absolute atomic E-state index is 0.121. The number of methoxy groups -OCH3 is 1. The van der Waals surface area contributed by atoms with E-state index in [2.05, 4.69) is 16.8 Å². The Labute approximate surface area is 147 Å². The SMILES string of the molecule is C=CCNC(=S)N1CCC2(CC1)CC(=O)c1cc(OC)ccc1O2. The Kier molecular flexibility index (Phi) is 4.76. The number of fused-ring (bicyclic) bond motifs is 1. The Hall–Kier alpha value is -2.08. The van der Waals surface area contributed by atoms with Gasteiger partial charge in [-0.05, 0) is 30.4 Å². The van der Waals surface area contributed by atoms with E-state index in [4.69, 9.17) is 21.7 Å². The third kappa shape index (κ3) is 3.24. The third-order valence-electron chi connectivity index (χ3n) is 4.66. The van der Waals surface area contributed by atoms with Gasteiger partial charge in [0.15, 0.2) is 10.9 Å². The second-order valence-electron chi connectivity index (χ2n) is 6.21. The Balaban J connectivity index is 1.69. The number of benzene rings is 1. The summed E-state index contributed by atoms with van der Waals surface area (Å²) in [7, 11) is 1.59. The van der Waals surface area contributed by atoms with Gasteiger partial charge in [0.1, 0.15) is 17.1 Å². The van der Waals surface area contributed by atoms with E-state index < -0.39 is 5.60 Å². The van der Waals surface area contributed by atoms with Crippen LogP contribution in [0.1, 0.15) is 29.6 Å². The van der Waals surface area contributed by atoms with Crippen molar-refractivity contribution in [2.75, 3.05) is 26.7 Å². The van der Waals surface area contributed by atoms with Crippen LogP contribution in [0, 0.1) is 0 Å². The lowest BCUT2D eigenvalue weighted by molar-refractivity contribution is 0.00356. The van der Waals surface area contributed by atoms with E-state index in [0.717, 1.165) is 31.0 Å². The molecule has 1 fully saturated rings. The molecule has 0 aromatic heterocycles. The maximum atomic E-state index is 12.6. The van der Waals surface area contributed by atoms with Crippen LogP contribution >= 0.6 is 12.2 Å². The van der Waals surface area contributed by atoms with Gasteiger partial charge in [-0.2, -0.15) is 0 Å². The lowest BCUT2D eigenvalue weighted by atomic mass is 9.82. The summed E-state index contributed by atoms with van der Waals surface area (Å²) in [4.78, 5) is 14.7. The Morgan fingerprint density at radius 1 is 1.50 bits per heavy atom. The van der Waals surface area contributed by atoms with Gasteiger partial charge >= 0.3 is 0 Å². The van der Waals surface area contributed by atoms with E-state index in [1.54, 1.807) is 19.3 Å². The smallest absolute Gasteiger partial charge is 0.170 e. The predicted octanol–water partition coefficient (Wildman–Crippen LogP) is 2.56. The summed E-state index contributed by atoms with van der Waals surface area (Å²) in [6, 6.07) is 5.41. The summed E-state index contributed by atoms with van der Waals surface area (Å²) in [5, 5.41) is 3.88. The number of Topliss-reactive ketones (excluding diaryl/α,β-unsaturated/α-hetero) is 1. The number of rotatable bonds is 3. The molecule has 24 heavy (non-hydrogen) atoms. The molecule has 1 N–H and O–H groups in total. The van der Waals surface area contributed by atoms with Gasteiger partial charge in [-0.15, -0.1) is 6.58 Å².